The fourth-order valence-electron chi connectivity index (χ4n) is 1.71. The molecule has 1 aromatic rings. The molecule has 13 heavy (non-hydrogen) atoms. The SMILES string of the molecule is O=C1CCCc2c(O)cc(O)cc21. The number of hydrogen-bond acceptors (Lipinski definition) is 3. The highest BCUT2D eigenvalue weighted by Gasteiger charge is 2.20. The Hall–Kier alpha value is -1.51. The minimum Gasteiger partial charge on any atom is -0.508 e. The second-order valence-corrected chi connectivity index (χ2v) is 3.27. The van der Waals surface area contributed by atoms with Crippen LogP contribution in [0.15, 0.2) is 12.1 Å². The zero-order valence-corrected chi connectivity index (χ0v) is 7.08. The molecule has 0 unspecified atom stereocenters. The van der Waals surface area contributed by atoms with Crippen LogP contribution in [0, 0.1) is 0 Å². The van der Waals surface area contributed by atoms with Gasteiger partial charge < -0.3 is 10.2 Å². The first-order valence-corrected chi connectivity index (χ1v) is 4.26. The average molecular weight is 178 g/mol. The predicted octanol–water partition coefficient (Wildman–Crippen LogP) is 1.62. The van der Waals surface area contributed by atoms with Crippen molar-refractivity contribution in [3.8, 4) is 11.5 Å². The van der Waals surface area contributed by atoms with E-state index < -0.39 is 0 Å². The number of phenols is 2. The van der Waals surface area contributed by atoms with Gasteiger partial charge in [0.15, 0.2) is 5.78 Å². The predicted molar refractivity (Wildman–Crippen MR) is 47.0 cm³/mol. The van der Waals surface area contributed by atoms with Crippen molar-refractivity contribution in [1.82, 2.24) is 0 Å². The first-order chi connectivity index (χ1) is 6.18. The van der Waals surface area contributed by atoms with Gasteiger partial charge in [-0.2, -0.15) is 0 Å². The van der Waals surface area contributed by atoms with Gasteiger partial charge in [-0.1, -0.05) is 0 Å². The number of benzene rings is 1. The third-order valence-corrected chi connectivity index (χ3v) is 2.34. The zero-order valence-electron chi connectivity index (χ0n) is 7.08. The Balaban J connectivity index is 2.63. The molecule has 0 aromatic heterocycles. The molecule has 1 aliphatic carbocycles. The normalized spacial score (nSPS) is 15.5. The van der Waals surface area contributed by atoms with E-state index in [9.17, 15) is 15.0 Å². The molecule has 3 heteroatoms. The molecule has 2 rings (SSSR count). The van der Waals surface area contributed by atoms with E-state index in [1.54, 1.807) is 0 Å². The van der Waals surface area contributed by atoms with Crippen molar-refractivity contribution in [2.24, 2.45) is 0 Å². The average Bonchev–Trinajstić information content (AvgIpc) is 2.07. The lowest BCUT2D eigenvalue weighted by Gasteiger charge is -2.15. The van der Waals surface area contributed by atoms with Gasteiger partial charge >= 0.3 is 0 Å². The van der Waals surface area contributed by atoms with E-state index in [-0.39, 0.29) is 17.3 Å². The van der Waals surface area contributed by atoms with Crippen molar-refractivity contribution < 1.29 is 15.0 Å². The van der Waals surface area contributed by atoms with Gasteiger partial charge in [-0.3, -0.25) is 4.79 Å². The van der Waals surface area contributed by atoms with Crippen LogP contribution in [0.5, 0.6) is 11.5 Å². The molecule has 0 amide bonds. The summed E-state index contributed by atoms with van der Waals surface area (Å²) in [5.74, 6) is -0.0120. The molecular formula is C10H10O3. The number of aromatic hydroxyl groups is 2. The maximum atomic E-state index is 11.4. The Kier molecular flexibility index (Phi) is 1.72. The second-order valence-electron chi connectivity index (χ2n) is 3.27. The van der Waals surface area contributed by atoms with Crippen molar-refractivity contribution in [1.29, 1.82) is 0 Å². The van der Waals surface area contributed by atoms with Crippen LogP contribution in [-0.2, 0) is 6.42 Å². The second kappa shape index (κ2) is 2.76. The van der Waals surface area contributed by atoms with Gasteiger partial charge in [0.2, 0.25) is 0 Å². The lowest BCUT2D eigenvalue weighted by atomic mass is 9.90. The van der Waals surface area contributed by atoms with E-state index in [4.69, 9.17) is 0 Å². The number of hydrogen-bond donors (Lipinski definition) is 2. The molecule has 0 fully saturated rings. The highest BCUT2D eigenvalue weighted by atomic mass is 16.3. The fourth-order valence-corrected chi connectivity index (χ4v) is 1.71. The standard InChI is InChI=1S/C10H10O3/c11-6-4-8-7(10(13)5-6)2-1-3-9(8)12/h4-5,11,13H,1-3H2. The van der Waals surface area contributed by atoms with Crippen LogP contribution in [0.2, 0.25) is 0 Å². The van der Waals surface area contributed by atoms with E-state index in [1.165, 1.54) is 12.1 Å². The third-order valence-electron chi connectivity index (χ3n) is 2.34. The summed E-state index contributed by atoms with van der Waals surface area (Å²) in [6.45, 7) is 0. The fraction of sp³-hybridized carbons (Fsp3) is 0.300. The van der Waals surface area contributed by atoms with Crippen LogP contribution in [-0.4, -0.2) is 16.0 Å². The molecule has 0 saturated carbocycles. The third kappa shape index (κ3) is 1.26. The van der Waals surface area contributed by atoms with Crippen molar-refractivity contribution in [3.63, 3.8) is 0 Å². The maximum Gasteiger partial charge on any atom is 0.163 e. The molecule has 68 valence electrons. The first-order valence-electron chi connectivity index (χ1n) is 4.26. The van der Waals surface area contributed by atoms with Crippen molar-refractivity contribution in [2.75, 3.05) is 0 Å². The van der Waals surface area contributed by atoms with E-state index in [0.717, 1.165) is 6.42 Å². The minimum atomic E-state index is -0.0495. The van der Waals surface area contributed by atoms with Crippen molar-refractivity contribution >= 4 is 5.78 Å². The number of carbonyl (C=O) groups is 1. The molecule has 1 aliphatic rings. The topological polar surface area (TPSA) is 57.5 Å². The van der Waals surface area contributed by atoms with E-state index in [2.05, 4.69) is 0 Å². The Labute approximate surface area is 75.6 Å². The molecule has 0 spiro atoms. The lowest BCUT2D eigenvalue weighted by molar-refractivity contribution is 0.0971. The van der Waals surface area contributed by atoms with Crippen LogP contribution < -0.4 is 0 Å². The van der Waals surface area contributed by atoms with Crippen molar-refractivity contribution in [2.45, 2.75) is 19.3 Å². The number of carbonyl (C=O) groups excluding carboxylic acids is 1. The van der Waals surface area contributed by atoms with Gasteiger partial charge in [0.05, 0.1) is 0 Å². The Morgan fingerprint density at radius 1 is 1.15 bits per heavy atom. The number of Topliss-reactive ketones (excluding diaryl/α,β-unsaturated/α-hetero) is 1. The molecule has 2 N–H and O–H groups in total. The zero-order chi connectivity index (χ0) is 9.42. The van der Waals surface area contributed by atoms with E-state index in [0.29, 0.717) is 24.0 Å². The first kappa shape index (κ1) is 8.10. The van der Waals surface area contributed by atoms with E-state index >= 15 is 0 Å². The Bertz CT molecular complexity index is 369. The largest absolute Gasteiger partial charge is 0.508 e. The highest BCUT2D eigenvalue weighted by molar-refractivity contribution is 5.99. The van der Waals surface area contributed by atoms with Crippen LogP contribution in [0.1, 0.15) is 28.8 Å². The molecule has 3 nitrogen and oxygen atoms in total. The van der Waals surface area contributed by atoms with Crippen LogP contribution in [0.3, 0.4) is 0 Å². The summed E-state index contributed by atoms with van der Waals surface area (Å²) in [6, 6.07) is 2.70. The summed E-state index contributed by atoms with van der Waals surface area (Å²) < 4.78 is 0. The lowest BCUT2D eigenvalue weighted by Crippen LogP contribution is -2.10. The summed E-state index contributed by atoms with van der Waals surface area (Å²) in [5.41, 5.74) is 1.15. The monoisotopic (exact) mass is 178 g/mol. The molecule has 0 heterocycles. The molecule has 0 aliphatic heterocycles. The smallest absolute Gasteiger partial charge is 0.163 e. The number of phenolic OH excluding ortho intramolecular Hbond substituents is 2. The Morgan fingerprint density at radius 2 is 1.92 bits per heavy atom. The molecule has 1 aromatic carbocycles. The molecular weight excluding hydrogens is 168 g/mol. The minimum absolute atomic E-state index is 0.00690. The maximum absolute atomic E-state index is 11.4. The quantitative estimate of drug-likeness (QED) is 0.634. The van der Waals surface area contributed by atoms with E-state index in [1.807, 2.05) is 0 Å². The molecule has 0 saturated heterocycles. The van der Waals surface area contributed by atoms with Gasteiger partial charge in [-0.25, -0.2) is 0 Å². The summed E-state index contributed by atoms with van der Waals surface area (Å²) in [7, 11) is 0. The van der Waals surface area contributed by atoms with Gasteiger partial charge in [0.1, 0.15) is 11.5 Å². The number of ketones is 1. The van der Waals surface area contributed by atoms with Gasteiger partial charge in [-0.15, -0.1) is 0 Å². The van der Waals surface area contributed by atoms with Gasteiger partial charge in [0, 0.05) is 23.6 Å². The number of fused-ring (bicyclic) bond motifs is 1. The summed E-state index contributed by atoms with van der Waals surface area (Å²) in [5, 5.41) is 18.6. The summed E-state index contributed by atoms with van der Waals surface area (Å²) in [4.78, 5) is 11.4. The molecule has 0 bridgehead atoms. The highest BCUT2D eigenvalue weighted by Crippen LogP contribution is 2.32. The summed E-state index contributed by atoms with van der Waals surface area (Å²) in [6.07, 6.45) is 2.01. The van der Waals surface area contributed by atoms with Gasteiger partial charge in [-0.05, 0) is 18.9 Å². The number of rotatable bonds is 0. The van der Waals surface area contributed by atoms with Crippen molar-refractivity contribution in [3.05, 3.63) is 23.3 Å². The molecule has 0 atom stereocenters. The molecule has 0 radical (unpaired) electrons. The van der Waals surface area contributed by atoms with Crippen LogP contribution in [0.25, 0.3) is 0 Å². The van der Waals surface area contributed by atoms with Crippen LogP contribution >= 0.6 is 0 Å². The Morgan fingerprint density at radius 3 is 2.69 bits per heavy atom. The van der Waals surface area contributed by atoms with Crippen LogP contribution in [0.4, 0.5) is 0 Å². The summed E-state index contributed by atoms with van der Waals surface area (Å²) >= 11 is 0. The van der Waals surface area contributed by atoms with Gasteiger partial charge in [0.25, 0.3) is 0 Å².